The molecule has 6 nitrogen and oxygen atoms in total. The number of carbonyl (C=O) groups excluding carboxylic acids is 1. The summed E-state index contributed by atoms with van der Waals surface area (Å²) in [5, 5.41) is 10.4. The minimum Gasteiger partial charge on any atom is -0.484 e. The summed E-state index contributed by atoms with van der Waals surface area (Å²) in [4.78, 5) is 11.7. The van der Waals surface area contributed by atoms with Gasteiger partial charge in [0.2, 0.25) is 0 Å². The van der Waals surface area contributed by atoms with Gasteiger partial charge in [-0.3, -0.25) is 4.79 Å². The normalized spacial score (nSPS) is 10.3. The Labute approximate surface area is 117 Å². The predicted octanol–water partition coefficient (Wildman–Crippen LogP) is 1.13. The summed E-state index contributed by atoms with van der Waals surface area (Å²) in [6, 6.07) is 5.87. The second-order valence-corrected chi connectivity index (χ2v) is 4.75. The van der Waals surface area contributed by atoms with E-state index in [4.69, 9.17) is 4.74 Å². The van der Waals surface area contributed by atoms with Gasteiger partial charge in [-0.25, -0.2) is 0 Å². The Kier molecular flexibility index (Phi) is 4.34. The summed E-state index contributed by atoms with van der Waals surface area (Å²) in [5.41, 5.74) is 2.22. The molecule has 0 unspecified atom stereocenters. The van der Waals surface area contributed by atoms with Crippen molar-refractivity contribution in [1.29, 1.82) is 0 Å². The Morgan fingerprint density at radius 1 is 1.30 bits per heavy atom. The number of nitrogens with one attached hydrogen (secondary N) is 1. The number of carbonyl (C=O) groups is 1. The molecule has 0 aliphatic rings. The molecule has 0 radical (unpaired) electrons. The second kappa shape index (κ2) is 6.18. The van der Waals surface area contributed by atoms with Crippen molar-refractivity contribution in [2.75, 3.05) is 6.61 Å². The number of nitrogens with zero attached hydrogens (tertiary/aromatic N) is 3. The molecule has 0 saturated carbocycles. The van der Waals surface area contributed by atoms with Crippen molar-refractivity contribution >= 4 is 5.91 Å². The number of benzene rings is 1. The number of rotatable bonds is 5. The molecule has 1 N–H and O–H groups in total. The highest BCUT2D eigenvalue weighted by molar-refractivity contribution is 5.77. The van der Waals surface area contributed by atoms with E-state index in [1.54, 1.807) is 10.9 Å². The van der Waals surface area contributed by atoms with Gasteiger partial charge in [0.15, 0.2) is 12.4 Å². The fourth-order valence-corrected chi connectivity index (χ4v) is 1.86. The zero-order chi connectivity index (χ0) is 14.5. The molecular formula is C14H18N4O2. The van der Waals surface area contributed by atoms with Crippen LogP contribution in [0.15, 0.2) is 24.5 Å². The molecule has 0 saturated heterocycles. The molecule has 2 aromatic rings. The summed E-state index contributed by atoms with van der Waals surface area (Å²) < 4.78 is 7.23. The minimum absolute atomic E-state index is 0.0132. The first-order valence-corrected chi connectivity index (χ1v) is 6.35. The van der Waals surface area contributed by atoms with Gasteiger partial charge in [0, 0.05) is 7.05 Å². The van der Waals surface area contributed by atoms with Crippen molar-refractivity contribution in [3.63, 3.8) is 0 Å². The Morgan fingerprint density at radius 2 is 2.00 bits per heavy atom. The SMILES string of the molecule is Cc1cc(C)cc(OCC(=O)NCc2nncn2C)c1. The second-order valence-electron chi connectivity index (χ2n) is 4.75. The topological polar surface area (TPSA) is 69.0 Å². The monoisotopic (exact) mass is 274 g/mol. The zero-order valence-corrected chi connectivity index (χ0v) is 11.9. The summed E-state index contributed by atoms with van der Waals surface area (Å²) in [6.45, 7) is 4.31. The smallest absolute Gasteiger partial charge is 0.258 e. The van der Waals surface area contributed by atoms with Crippen molar-refractivity contribution in [1.82, 2.24) is 20.1 Å². The molecular weight excluding hydrogens is 256 g/mol. The molecule has 1 aromatic heterocycles. The van der Waals surface area contributed by atoms with Gasteiger partial charge in [-0.2, -0.15) is 0 Å². The molecule has 0 fully saturated rings. The Bertz CT molecular complexity index is 587. The maximum absolute atomic E-state index is 11.7. The molecule has 0 bridgehead atoms. The van der Waals surface area contributed by atoms with Crippen molar-refractivity contribution in [3.8, 4) is 5.75 Å². The van der Waals surface area contributed by atoms with Crippen LogP contribution in [0.1, 0.15) is 17.0 Å². The summed E-state index contributed by atoms with van der Waals surface area (Å²) in [6.07, 6.45) is 1.59. The Balaban J connectivity index is 1.82. The number of hydrogen-bond acceptors (Lipinski definition) is 4. The summed E-state index contributed by atoms with van der Waals surface area (Å²) in [5.74, 6) is 1.22. The van der Waals surface area contributed by atoms with E-state index in [9.17, 15) is 4.79 Å². The summed E-state index contributed by atoms with van der Waals surface area (Å²) in [7, 11) is 1.83. The van der Waals surface area contributed by atoms with Crippen LogP contribution in [0.5, 0.6) is 5.75 Å². The van der Waals surface area contributed by atoms with E-state index in [0.717, 1.165) is 11.1 Å². The highest BCUT2D eigenvalue weighted by Gasteiger charge is 2.06. The molecule has 0 atom stereocenters. The summed E-state index contributed by atoms with van der Waals surface area (Å²) >= 11 is 0. The standard InChI is InChI=1S/C14H18N4O2/c1-10-4-11(2)6-12(5-10)20-8-14(19)15-7-13-17-16-9-18(13)3/h4-6,9H,7-8H2,1-3H3,(H,15,19). The fourth-order valence-electron chi connectivity index (χ4n) is 1.86. The molecule has 0 aliphatic carbocycles. The van der Waals surface area contributed by atoms with Gasteiger partial charge in [-0.1, -0.05) is 6.07 Å². The van der Waals surface area contributed by atoms with Gasteiger partial charge in [0.05, 0.1) is 6.54 Å². The lowest BCUT2D eigenvalue weighted by Gasteiger charge is -2.08. The molecule has 2 rings (SSSR count). The number of aryl methyl sites for hydroxylation is 3. The van der Waals surface area contributed by atoms with Gasteiger partial charge < -0.3 is 14.6 Å². The van der Waals surface area contributed by atoms with Crippen LogP contribution in [-0.2, 0) is 18.4 Å². The lowest BCUT2D eigenvalue weighted by atomic mass is 10.1. The largest absolute Gasteiger partial charge is 0.484 e. The van der Waals surface area contributed by atoms with Crippen LogP contribution >= 0.6 is 0 Å². The van der Waals surface area contributed by atoms with Crippen molar-refractivity contribution in [3.05, 3.63) is 41.5 Å². The van der Waals surface area contributed by atoms with Crippen LogP contribution < -0.4 is 10.1 Å². The highest BCUT2D eigenvalue weighted by atomic mass is 16.5. The maximum Gasteiger partial charge on any atom is 0.258 e. The molecule has 20 heavy (non-hydrogen) atoms. The van der Waals surface area contributed by atoms with E-state index >= 15 is 0 Å². The predicted molar refractivity (Wildman–Crippen MR) is 74.3 cm³/mol. The van der Waals surface area contributed by atoms with E-state index in [1.807, 2.05) is 33.0 Å². The van der Waals surface area contributed by atoms with Crippen molar-refractivity contribution < 1.29 is 9.53 Å². The number of aromatic nitrogens is 3. The lowest BCUT2D eigenvalue weighted by Crippen LogP contribution is -2.29. The maximum atomic E-state index is 11.7. The lowest BCUT2D eigenvalue weighted by molar-refractivity contribution is -0.123. The average molecular weight is 274 g/mol. The molecule has 1 aromatic carbocycles. The van der Waals surface area contributed by atoms with Crippen LogP contribution in [0.25, 0.3) is 0 Å². The molecule has 6 heteroatoms. The molecule has 106 valence electrons. The highest BCUT2D eigenvalue weighted by Crippen LogP contribution is 2.15. The number of amides is 1. The van der Waals surface area contributed by atoms with E-state index in [2.05, 4.69) is 21.6 Å². The van der Waals surface area contributed by atoms with Gasteiger partial charge in [-0.15, -0.1) is 10.2 Å². The van der Waals surface area contributed by atoms with Crippen molar-refractivity contribution in [2.24, 2.45) is 7.05 Å². The van der Waals surface area contributed by atoms with Gasteiger partial charge in [0.1, 0.15) is 12.1 Å². The minimum atomic E-state index is -0.188. The molecule has 1 amide bonds. The van der Waals surface area contributed by atoms with E-state index in [1.165, 1.54) is 0 Å². The third kappa shape index (κ3) is 3.81. The van der Waals surface area contributed by atoms with Crippen LogP contribution in [0, 0.1) is 13.8 Å². The van der Waals surface area contributed by atoms with E-state index in [0.29, 0.717) is 18.1 Å². The van der Waals surface area contributed by atoms with Gasteiger partial charge in [0.25, 0.3) is 5.91 Å². The van der Waals surface area contributed by atoms with Crippen LogP contribution in [0.2, 0.25) is 0 Å². The molecule has 0 aliphatic heterocycles. The third-order valence-electron chi connectivity index (χ3n) is 2.81. The van der Waals surface area contributed by atoms with Crippen LogP contribution in [-0.4, -0.2) is 27.3 Å². The van der Waals surface area contributed by atoms with E-state index < -0.39 is 0 Å². The fraction of sp³-hybridized carbons (Fsp3) is 0.357. The number of ether oxygens (including phenoxy) is 1. The zero-order valence-electron chi connectivity index (χ0n) is 11.9. The van der Waals surface area contributed by atoms with Crippen LogP contribution in [0.4, 0.5) is 0 Å². The Morgan fingerprint density at radius 3 is 2.60 bits per heavy atom. The number of hydrogen-bond donors (Lipinski definition) is 1. The first kappa shape index (κ1) is 14.0. The quantitative estimate of drug-likeness (QED) is 0.887. The van der Waals surface area contributed by atoms with Crippen molar-refractivity contribution in [2.45, 2.75) is 20.4 Å². The Hall–Kier alpha value is -2.37. The van der Waals surface area contributed by atoms with Gasteiger partial charge in [-0.05, 0) is 37.1 Å². The molecule has 0 spiro atoms. The first-order chi connectivity index (χ1) is 9.54. The van der Waals surface area contributed by atoms with Gasteiger partial charge >= 0.3 is 0 Å². The third-order valence-corrected chi connectivity index (χ3v) is 2.81. The average Bonchev–Trinajstić information content (AvgIpc) is 2.78. The van der Waals surface area contributed by atoms with E-state index in [-0.39, 0.29) is 12.5 Å². The van der Waals surface area contributed by atoms with Crippen LogP contribution in [0.3, 0.4) is 0 Å². The first-order valence-electron chi connectivity index (χ1n) is 6.35. The molecule has 1 heterocycles.